The van der Waals surface area contributed by atoms with Gasteiger partial charge < -0.3 is 20.5 Å². The van der Waals surface area contributed by atoms with E-state index in [1.54, 1.807) is 0 Å². The summed E-state index contributed by atoms with van der Waals surface area (Å²) in [5.41, 5.74) is 0.546. The predicted octanol–water partition coefficient (Wildman–Crippen LogP) is 2.67. The van der Waals surface area contributed by atoms with Crippen LogP contribution in [0.5, 0.6) is 0 Å². The van der Waals surface area contributed by atoms with Crippen LogP contribution in [0.2, 0.25) is 0 Å². The van der Waals surface area contributed by atoms with Crippen molar-refractivity contribution in [3.8, 4) is 0 Å². The van der Waals surface area contributed by atoms with Gasteiger partial charge in [-0.1, -0.05) is 55.3 Å². The Balaban J connectivity index is 1.59. The Hall–Kier alpha value is -2.67. The van der Waals surface area contributed by atoms with Crippen molar-refractivity contribution >= 4 is 17.8 Å². The van der Waals surface area contributed by atoms with Gasteiger partial charge in [0.05, 0.1) is 30.5 Å². The third-order valence-corrected chi connectivity index (χ3v) is 6.64. The van der Waals surface area contributed by atoms with E-state index in [-0.39, 0.29) is 49.9 Å². The molecule has 2 unspecified atom stereocenters. The van der Waals surface area contributed by atoms with Crippen LogP contribution >= 0.6 is 0 Å². The molecule has 1 saturated carbocycles. The van der Waals surface area contributed by atoms with E-state index in [9.17, 15) is 19.5 Å². The summed E-state index contributed by atoms with van der Waals surface area (Å²) < 4.78 is 5.44. The highest BCUT2D eigenvalue weighted by Gasteiger charge is 2.35. The number of benzene rings is 1. The Morgan fingerprint density at radius 3 is 2.61 bits per heavy atom. The summed E-state index contributed by atoms with van der Waals surface area (Å²) in [5, 5.41) is 15.5. The molecule has 1 aromatic carbocycles. The number of cyclic esters (lactones) is 1. The van der Waals surface area contributed by atoms with Crippen molar-refractivity contribution in [3.05, 3.63) is 48.0 Å². The molecule has 2 amide bonds. The van der Waals surface area contributed by atoms with Crippen LogP contribution in [0.4, 0.5) is 0 Å². The van der Waals surface area contributed by atoms with Gasteiger partial charge in [-0.15, -0.1) is 0 Å². The van der Waals surface area contributed by atoms with Gasteiger partial charge in [0.15, 0.2) is 0 Å². The number of carbonyl (C=O) groups excluding carboxylic acids is 3. The molecule has 2 aliphatic rings. The molecule has 1 heterocycles. The number of carbonyl (C=O) groups is 3. The number of aliphatic hydroxyl groups excluding tert-OH is 1. The smallest absolute Gasteiger partial charge is 0.309 e. The van der Waals surface area contributed by atoms with E-state index < -0.39 is 11.5 Å². The average Bonchev–Trinajstić information content (AvgIpc) is 3.28. The van der Waals surface area contributed by atoms with Crippen molar-refractivity contribution in [2.24, 2.45) is 11.8 Å². The van der Waals surface area contributed by atoms with Gasteiger partial charge in [-0.05, 0) is 44.1 Å². The molecular formula is C26H36N2O5. The molecule has 0 aromatic heterocycles. The van der Waals surface area contributed by atoms with Gasteiger partial charge >= 0.3 is 5.97 Å². The molecule has 0 radical (unpaired) electrons. The quantitative estimate of drug-likeness (QED) is 0.451. The number of allylic oxidation sites excluding steroid dienone is 2. The molecule has 7 heteroatoms. The lowest BCUT2D eigenvalue weighted by Crippen LogP contribution is -2.50. The molecule has 3 rings (SSSR count). The number of hydrogen-bond donors (Lipinski definition) is 3. The maximum absolute atomic E-state index is 12.7. The molecule has 1 aromatic rings. The monoisotopic (exact) mass is 456 g/mol. The first-order chi connectivity index (χ1) is 16.0. The van der Waals surface area contributed by atoms with Crippen molar-refractivity contribution in [2.75, 3.05) is 19.8 Å². The molecule has 1 aliphatic carbocycles. The van der Waals surface area contributed by atoms with Crippen molar-refractivity contribution in [1.82, 2.24) is 10.6 Å². The minimum atomic E-state index is -0.547. The van der Waals surface area contributed by atoms with Crippen LogP contribution in [0, 0.1) is 11.8 Å². The number of amides is 2. The van der Waals surface area contributed by atoms with E-state index in [1.807, 2.05) is 42.5 Å². The fourth-order valence-electron chi connectivity index (χ4n) is 4.69. The van der Waals surface area contributed by atoms with Gasteiger partial charge in [-0.3, -0.25) is 14.4 Å². The largest absolute Gasteiger partial charge is 0.464 e. The fraction of sp³-hybridized carbons (Fsp3) is 0.577. The summed E-state index contributed by atoms with van der Waals surface area (Å²) in [6, 6.07) is 9.88. The van der Waals surface area contributed by atoms with Crippen molar-refractivity contribution in [3.63, 3.8) is 0 Å². The molecule has 2 atom stereocenters. The number of aliphatic hydroxyl groups is 1. The van der Waals surface area contributed by atoms with Crippen molar-refractivity contribution in [1.29, 1.82) is 0 Å². The van der Waals surface area contributed by atoms with Gasteiger partial charge in [0, 0.05) is 6.42 Å². The van der Waals surface area contributed by atoms with Crippen molar-refractivity contribution in [2.45, 2.75) is 63.3 Å². The van der Waals surface area contributed by atoms with Crippen molar-refractivity contribution < 1.29 is 24.2 Å². The Bertz CT molecular complexity index is 817. The molecular weight excluding hydrogens is 420 g/mol. The third-order valence-electron chi connectivity index (χ3n) is 6.64. The molecule has 3 N–H and O–H groups in total. The van der Waals surface area contributed by atoms with Crippen LogP contribution in [0.1, 0.15) is 56.9 Å². The fourth-order valence-corrected chi connectivity index (χ4v) is 4.69. The Morgan fingerprint density at radius 2 is 1.88 bits per heavy atom. The lowest BCUT2D eigenvalue weighted by atomic mass is 9.94. The minimum Gasteiger partial charge on any atom is -0.464 e. The van der Waals surface area contributed by atoms with Gasteiger partial charge in [0.25, 0.3) is 0 Å². The highest BCUT2D eigenvalue weighted by atomic mass is 16.5. The second-order valence-electron chi connectivity index (χ2n) is 9.22. The zero-order chi connectivity index (χ0) is 23.5. The molecule has 0 bridgehead atoms. The van der Waals surface area contributed by atoms with Crippen LogP contribution in [0.15, 0.2) is 42.5 Å². The molecule has 0 spiro atoms. The second-order valence-corrected chi connectivity index (χ2v) is 9.22. The maximum atomic E-state index is 12.7. The topological polar surface area (TPSA) is 105 Å². The van der Waals surface area contributed by atoms with E-state index in [4.69, 9.17) is 4.74 Å². The van der Waals surface area contributed by atoms with Gasteiger partial charge in [-0.2, -0.15) is 0 Å². The number of esters is 1. The molecule has 33 heavy (non-hydrogen) atoms. The lowest BCUT2D eigenvalue weighted by molar-refractivity contribution is -0.149. The molecule has 180 valence electrons. The van der Waals surface area contributed by atoms with E-state index in [2.05, 4.69) is 10.6 Å². The summed E-state index contributed by atoms with van der Waals surface area (Å²) in [6.07, 6.45) is 9.90. The Labute approximate surface area is 196 Å². The number of ether oxygens (including phenoxy) is 1. The first-order valence-corrected chi connectivity index (χ1v) is 12.1. The predicted molar refractivity (Wildman–Crippen MR) is 125 cm³/mol. The molecule has 0 saturated heterocycles. The highest BCUT2D eigenvalue weighted by Crippen LogP contribution is 2.29. The van der Waals surface area contributed by atoms with Gasteiger partial charge in [-0.25, -0.2) is 0 Å². The average molecular weight is 457 g/mol. The summed E-state index contributed by atoms with van der Waals surface area (Å²) >= 11 is 0. The first kappa shape index (κ1) is 25.0. The summed E-state index contributed by atoms with van der Waals surface area (Å²) in [7, 11) is 0. The zero-order valence-electron chi connectivity index (χ0n) is 19.3. The minimum absolute atomic E-state index is 0.0638. The SMILES string of the molecule is O=C(CC1CC=CCCC(Cc2ccccc2)C(=O)OCCNC1=O)NC1(CO)CCCC1. The van der Waals surface area contributed by atoms with E-state index in [0.717, 1.165) is 31.2 Å². The lowest BCUT2D eigenvalue weighted by Gasteiger charge is -2.28. The van der Waals surface area contributed by atoms with Crippen LogP contribution in [-0.2, 0) is 25.5 Å². The zero-order valence-corrected chi connectivity index (χ0v) is 19.3. The standard InChI is InChI=1S/C26H36N2O5/c29-19-26(13-7-8-14-26)28-23(30)18-21-11-5-2-6-12-22(17-20-9-3-1-4-10-20)25(32)33-16-15-27-24(21)31/h1-5,9-10,21-22,29H,6-8,11-19H2,(H,27,31)(H,28,30). The Morgan fingerprint density at radius 1 is 1.12 bits per heavy atom. The highest BCUT2D eigenvalue weighted by molar-refractivity contribution is 5.86. The first-order valence-electron chi connectivity index (χ1n) is 12.1. The molecule has 1 aliphatic heterocycles. The van der Waals surface area contributed by atoms with Crippen LogP contribution in [0.25, 0.3) is 0 Å². The Kier molecular flexibility index (Phi) is 9.48. The number of rotatable bonds is 6. The summed E-state index contributed by atoms with van der Waals surface area (Å²) in [5.74, 6) is -1.43. The van der Waals surface area contributed by atoms with Gasteiger partial charge in [0.2, 0.25) is 11.8 Å². The van der Waals surface area contributed by atoms with Crippen LogP contribution in [0.3, 0.4) is 0 Å². The summed E-state index contributed by atoms with van der Waals surface area (Å²) in [6.45, 7) is 0.242. The molecule has 1 fully saturated rings. The van der Waals surface area contributed by atoms with Crippen LogP contribution < -0.4 is 10.6 Å². The van der Waals surface area contributed by atoms with E-state index in [1.165, 1.54) is 0 Å². The molecule has 7 nitrogen and oxygen atoms in total. The van der Waals surface area contributed by atoms with Crippen LogP contribution in [-0.4, -0.2) is 48.2 Å². The maximum Gasteiger partial charge on any atom is 0.309 e. The third kappa shape index (κ3) is 7.70. The van der Waals surface area contributed by atoms with E-state index >= 15 is 0 Å². The number of hydrogen-bond acceptors (Lipinski definition) is 5. The van der Waals surface area contributed by atoms with Gasteiger partial charge in [0.1, 0.15) is 6.61 Å². The number of nitrogens with one attached hydrogen (secondary N) is 2. The normalized spacial score (nSPS) is 24.0. The second kappa shape index (κ2) is 12.5. The summed E-state index contributed by atoms with van der Waals surface area (Å²) in [4.78, 5) is 38.0. The van der Waals surface area contributed by atoms with E-state index in [0.29, 0.717) is 25.7 Å².